The molecule has 0 aromatic heterocycles. The van der Waals surface area contributed by atoms with Crippen molar-refractivity contribution < 1.29 is 22.3 Å². The second kappa shape index (κ2) is 5.96. The molecule has 1 saturated carbocycles. The van der Waals surface area contributed by atoms with E-state index in [2.05, 4.69) is 4.74 Å². The zero-order valence-electron chi connectivity index (χ0n) is 9.86. The van der Waals surface area contributed by atoms with Crippen LogP contribution in [0.15, 0.2) is 24.3 Å². The van der Waals surface area contributed by atoms with E-state index in [1.807, 2.05) is 0 Å². The fourth-order valence-corrected chi connectivity index (χ4v) is 1.69. The first kappa shape index (κ1) is 16.0. The Bertz CT molecular complexity index is 409. The standard InChI is InChI=1S/C12H13F4NO.ClH/c13-11(14)12(15,16)18-9-5-3-8(4-6-9)10(17)7-1-2-7;/h3-7,10-11H,1-2,17H2;1H/t10-;/m0./s1. The molecule has 1 aliphatic rings. The first-order valence-corrected chi connectivity index (χ1v) is 5.60. The van der Waals surface area contributed by atoms with Gasteiger partial charge in [-0.1, -0.05) is 12.1 Å². The van der Waals surface area contributed by atoms with Crippen LogP contribution in [0.3, 0.4) is 0 Å². The highest BCUT2D eigenvalue weighted by molar-refractivity contribution is 5.85. The molecule has 0 heterocycles. The molecule has 1 aliphatic carbocycles. The van der Waals surface area contributed by atoms with E-state index in [1.165, 1.54) is 24.3 Å². The molecule has 0 amide bonds. The third kappa shape index (κ3) is 3.98. The predicted molar refractivity (Wildman–Crippen MR) is 64.9 cm³/mol. The molecule has 0 saturated heterocycles. The van der Waals surface area contributed by atoms with Crippen molar-refractivity contribution >= 4 is 12.4 Å². The Balaban J connectivity index is 0.00000180. The predicted octanol–water partition coefficient (Wildman–Crippen LogP) is 3.75. The number of nitrogens with two attached hydrogens (primary N) is 1. The van der Waals surface area contributed by atoms with Crippen molar-refractivity contribution in [2.75, 3.05) is 0 Å². The van der Waals surface area contributed by atoms with Crippen LogP contribution in [0.2, 0.25) is 0 Å². The molecule has 2 N–H and O–H groups in total. The molecule has 0 radical (unpaired) electrons. The number of halogens is 5. The summed E-state index contributed by atoms with van der Waals surface area (Å²) in [5.74, 6) is 0.131. The third-order valence-electron chi connectivity index (χ3n) is 2.90. The lowest BCUT2D eigenvalue weighted by Crippen LogP contribution is -2.33. The minimum Gasteiger partial charge on any atom is -0.428 e. The fraction of sp³-hybridized carbons (Fsp3) is 0.500. The van der Waals surface area contributed by atoms with E-state index in [4.69, 9.17) is 5.73 Å². The van der Waals surface area contributed by atoms with Crippen molar-refractivity contribution in [3.8, 4) is 5.75 Å². The van der Waals surface area contributed by atoms with E-state index in [9.17, 15) is 17.6 Å². The van der Waals surface area contributed by atoms with Crippen LogP contribution < -0.4 is 10.5 Å². The fourth-order valence-electron chi connectivity index (χ4n) is 1.69. The van der Waals surface area contributed by atoms with Gasteiger partial charge in [0.15, 0.2) is 0 Å². The lowest BCUT2D eigenvalue weighted by atomic mass is 10.0. The maximum Gasteiger partial charge on any atom is 0.461 e. The lowest BCUT2D eigenvalue weighted by Gasteiger charge is -2.17. The Morgan fingerprint density at radius 2 is 1.68 bits per heavy atom. The molecule has 0 aliphatic heterocycles. The highest BCUT2D eigenvalue weighted by Gasteiger charge is 2.44. The van der Waals surface area contributed by atoms with Gasteiger partial charge in [-0.25, -0.2) is 0 Å². The smallest absolute Gasteiger partial charge is 0.428 e. The van der Waals surface area contributed by atoms with Gasteiger partial charge in [0.1, 0.15) is 5.75 Å². The Morgan fingerprint density at radius 1 is 1.16 bits per heavy atom. The molecular weight excluding hydrogens is 286 g/mol. The average Bonchev–Trinajstić information content (AvgIpc) is 3.12. The number of alkyl halides is 4. The van der Waals surface area contributed by atoms with E-state index in [0.29, 0.717) is 5.92 Å². The van der Waals surface area contributed by atoms with Crippen molar-refractivity contribution in [3.63, 3.8) is 0 Å². The highest BCUT2D eigenvalue weighted by Crippen LogP contribution is 2.39. The molecule has 0 bridgehead atoms. The number of rotatable bonds is 5. The Kier molecular flexibility index (Phi) is 5.04. The first-order chi connectivity index (χ1) is 8.40. The van der Waals surface area contributed by atoms with Crippen LogP contribution in [-0.2, 0) is 0 Å². The molecule has 7 heteroatoms. The summed E-state index contributed by atoms with van der Waals surface area (Å²) in [5, 5.41) is 0. The second-order valence-corrected chi connectivity index (χ2v) is 4.40. The second-order valence-electron chi connectivity index (χ2n) is 4.40. The molecule has 2 nitrogen and oxygen atoms in total. The molecule has 108 valence electrons. The summed E-state index contributed by atoms with van der Waals surface area (Å²) >= 11 is 0. The highest BCUT2D eigenvalue weighted by atomic mass is 35.5. The quantitative estimate of drug-likeness (QED) is 0.840. The Hall–Kier alpha value is -1.01. The maximum absolute atomic E-state index is 12.6. The SMILES string of the molecule is Cl.N[C@H](c1ccc(OC(F)(F)C(F)F)cc1)C1CC1. The third-order valence-corrected chi connectivity index (χ3v) is 2.90. The normalized spacial score (nSPS) is 16.9. The zero-order chi connectivity index (χ0) is 13.3. The number of hydrogen-bond donors (Lipinski definition) is 1. The van der Waals surface area contributed by atoms with Gasteiger partial charge in [0.2, 0.25) is 0 Å². The van der Waals surface area contributed by atoms with Gasteiger partial charge in [0.25, 0.3) is 0 Å². The van der Waals surface area contributed by atoms with Crippen molar-refractivity contribution in [1.29, 1.82) is 0 Å². The van der Waals surface area contributed by atoms with Gasteiger partial charge in [-0.3, -0.25) is 0 Å². The zero-order valence-corrected chi connectivity index (χ0v) is 10.7. The van der Waals surface area contributed by atoms with Gasteiger partial charge >= 0.3 is 12.5 Å². The van der Waals surface area contributed by atoms with Crippen LogP contribution in [0.5, 0.6) is 5.75 Å². The summed E-state index contributed by atoms with van der Waals surface area (Å²) in [7, 11) is 0. The van der Waals surface area contributed by atoms with Crippen LogP contribution in [0, 0.1) is 5.92 Å². The molecule has 0 spiro atoms. The summed E-state index contributed by atoms with van der Waals surface area (Å²) in [6.45, 7) is 0. The molecule has 1 aromatic carbocycles. The molecule has 1 aromatic rings. The summed E-state index contributed by atoms with van der Waals surface area (Å²) in [6, 6.07) is 5.39. The van der Waals surface area contributed by atoms with E-state index in [1.54, 1.807) is 0 Å². The van der Waals surface area contributed by atoms with E-state index >= 15 is 0 Å². The average molecular weight is 300 g/mol. The summed E-state index contributed by atoms with van der Waals surface area (Å²) < 4.78 is 53.1. The van der Waals surface area contributed by atoms with E-state index < -0.39 is 12.5 Å². The van der Waals surface area contributed by atoms with Gasteiger partial charge in [-0.15, -0.1) is 12.4 Å². The van der Waals surface area contributed by atoms with Gasteiger partial charge in [-0.05, 0) is 36.5 Å². The number of ether oxygens (including phenoxy) is 1. The van der Waals surface area contributed by atoms with Gasteiger partial charge in [0, 0.05) is 6.04 Å². The first-order valence-electron chi connectivity index (χ1n) is 5.60. The molecule has 1 fully saturated rings. The summed E-state index contributed by atoms with van der Waals surface area (Å²) in [4.78, 5) is 0. The monoisotopic (exact) mass is 299 g/mol. The maximum atomic E-state index is 12.6. The van der Waals surface area contributed by atoms with Crippen LogP contribution in [0.1, 0.15) is 24.4 Å². The Morgan fingerprint density at radius 3 is 2.11 bits per heavy atom. The topological polar surface area (TPSA) is 35.2 Å². The van der Waals surface area contributed by atoms with E-state index in [0.717, 1.165) is 18.4 Å². The van der Waals surface area contributed by atoms with Crippen molar-refractivity contribution in [2.45, 2.75) is 31.4 Å². The lowest BCUT2D eigenvalue weighted by molar-refractivity contribution is -0.253. The number of benzene rings is 1. The molecule has 0 unspecified atom stereocenters. The molecule has 1 atom stereocenters. The van der Waals surface area contributed by atoms with Crippen molar-refractivity contribution in [3.05, 3.63) is 29.8 Å². The Labute approximate surface area is 114 Å². The van der Waals surface area contributed by atoms with Crippen LogP contribution >= 0.6 is 12.4 Å². The molecule has 2 rings (SSSR count). The van der Waals surface area contributed by atoms with Gasteiger partial charge in [-0.2, -0.15) is 17.6 Å². The van der Waals surface area contributed by atoms with Crippen LogP contribution in [0.4, 0.5) is 17.6 Å². The van der Waals surface area contributed by atoms with Crippen molar-refractivity contribution in [2.24, 2.45) is 11.7 Å². The molecular formula is C12H14ClF4NO. The van der Waals surface area contributed by atoms with Gasteiger partial charge in [0.05, 0.1) is 0 Å². The van der Waals surface area contributed by atoms with Crippen molar-refractivity contribution in [1.82, 2.24) is 0 Å². The largest absolute Gasteiger partial charge is 0.461 e. The van der Waals surface area contributed by atoms with Crippen LogP contribution in [-0.4, -0.2) is 12.5 Å². The minimum absolute atomic E-state index is 0. The number of hydrogen-bond acceptors (Lipinski definition) is 2. The summed E-state index contributed by atoms with van der Waals surface area (Å²) in [5.41, 5.74) is 6.71. The minimum atomic E-state index is -4.47. The van der Waals surface area contributed by atoms with Crippen LogP contribution in [0.25, 0.3) is 0 Å². The summed E-state index contributed by atoms with van der Waals surface area (Å²) in [6.07, 6.45) is -6.21. The van der Waals surface area contributed by atoms with E-state index in [-0.39, 0.29) is 24.2 Å². The van der Waals surface area contributed by atoms with Gasteiger partial charge < -0.3 is 10.5 Å². The molecule has 19 heavy (non-hydrogen) atoms.